The summed E-state index contributed by atoms with van der Waals surface area (Å²) in [5, 5.41) is 10.6. The molecule has 3 aromatic carbocycles. The predicted octanol–water partition coefficient (Wildman–Crippen LogP) is 7.06. The van der Waals surface area contributed by atoms with Gasteiger partial charge in [-0.05, 0) is 86.1 Å². The zero-order chi connectivity index (χ0) is 25.3. The summed E-state index contributed by atoms with van der Waals surface area (Å²) in [5.74, 6) is 2.98. The maximum Gasteiger partial charge on any atom is 0.140 e. The molecular formula is C29H31ClN2O4. The molecule has 1 heterocycles. The first-order valence-electron chi connectivity index (χ1n) is 12.2. The van der Waals surface area contributed by atoms with Crippen LogP contribution in [0.4, 0.5) is 0 Å². The second-order valence-electron chi connectivity index (χ2n) is 8.38. The van der Waals surface area contributed by atoms with Crippen molar-refractivity contribution in [3.63, 3.8) is 0 Å². The minimum absolute atomic E-state index is 0.290. The summed E-state index contributed by atoms with van der Waals surface area (Å²) < 4.78 is 19.3. The van der Waals surface area contributed by atoms with E-state index in [2.05, 4.69) is 0 Å². The Kier molecular flexibility index (Phi) is 9.01. The van der Waals surface area contributed by atoms with Crippen LogP contribution >= 0.6 is 11.6 Å². The Morgan fingerprint density at radius 3 is 2.17 bits per heavy atom. The molecule has 0 saturated carbocycles. The highest BCUT2D eigenvalue weighted by molar-refractivity contribution is 6.30. The number of aliphatic hydroxyl groups is 1. The van der Waals surface area contributed by atoms with Crippen molar-refractivity contribution in [1.29, 1.82) is 0 Å². The molecule has 0 bridgehead atoms. The highest BCUT2D eigenvalue weighted by Crippen LogP contribution is 2.27. The lowest BCUT2D eigenvalue weighted by molar-refractivity contribution is 0.0993. The van der Waals surface area contributed by atoms with Crippen molar-refractivity contribution in [3.8, 4) is 34.2 Å². The quantitative estimate of drug-likeness (QED) is 0.223. The lowest BCUT2D eigenvalue weighted by atomic mass is 10.1. The van der Waals surface area contributed by atoms with E-state index in [1.165, 1.54) is 0 Å². The minimum Gasteiger partial charge on any atom is -0.491 e. The normalized spacial score (nSPS) is 11.9. The number of imidazole rings is 1. The Labute approximate surface area is 217 Å². The molecule has 6 nitrogen and oxygen atoms in total. The number of benzene rings is 3. The van der Waals surface area contributed by atoms with E-state index in [-0.39, 0.29) is 6.61 Å². The van der Waals surface area contributed by atoms with Crippen molar-refractivity contribution in [1.82, 2.24) is 9.55 Å². The maximum absolute atomic E-state index is 9.89. The molecule has 36 heavy (non-hydrogen) atoms. The Morgan fingerprint density at radius 1 is 0.889 bits per heavy atom. The Morgan fingerprint density at radius 2 is 1.53 bits per heavy atom. The van der Waals surface area contributed by atoms with Gasteiger partial charge in [-0.1, -0.05) is 24.9 Å². The first-order valence-corrected chi connectivity index (χ1v) is 12.5. The van der Waals surface area contributed by atoms with Crippen molar-refractivity contribution in [2.75, 3.05) is 13.2 Å². The third-order valence-corrected chi connectivity index (χ3v) is 5.84. The van der Waals surface area contributed by atoms with E-state index in [0.717, 1.165) is 52.9 Å². The first kappa shape index (κ1) is 25.8. The second-order valence-corrected chi connectivity index (χ2v) is 8.81. The van der Waals surface area contributed by atoms with Crippen LogP contribution in [0.2, 0.25) is 5.02 Å². The van der Waals surface area contributed by atoms with Crippen molar-refractivity contribution in [2.45, 2.75) is 39.4 Å². The third-order valence-electron chi connectivity index (χ3n) is 5.59. The van der Waals surface area contributed by atoms with Gasteiger partial charge >= 0.3 is 0 Å². The van der Waals surface area contributed by atoms with Crippen LogP contribution in [-0.2, 0) is 11.3 Å². The number of aromatic nitrogens is 2. The summed E-state index contributed by atoms with van der Waals surface area (Å²) in [6, 6.07) is 22.8. The topological polar surface area (TPSA) is 65.7 Å². The molecule has 0 radical (unpaired) electrons. The molecule has 1 aromatic heterocycles. The van der Waals surface area contributed by atoms with Gasteiger partial charge < -0.3 is 23.9 Å². The molecule has 0 spiro atoms. The molecule has 4 rings (SSSR count). The molecule has 0 fully saturated rings. The summed E-state index contributed by atoms with van der Waals surface area (Å²) in [6.07, 6.45) is 3.21. The zero-order valence-corrected chi connectivity index (χ0v) is 21.3. The Balaban J connectivity index is 1.51. The molecule has 4 aromatic rings. The van der Waals surface area contributed by atoms with E-state index in [1.54, 1.807) is 12.1 Å². The Bertz CT molecular complexity index is 1220. The number of hydrogen-bond donors (Lipinski definition) is 1. The van der Waals surface area contributed by atoms with Gasteiger partial charge in [0.25, 0.3) is 0 Å². The van der Waals surface area contributed by atoms with Crippen molar-refractivity contribution in [3.05, 3.63) is 89.8 Å². The molecule has 0 aliphatic rings. The highest BCUT2D eigenvalue weighted by atomic mass is 35.5. The number of ether oxygens (including phenoxy) is 3. The molecule has 0 unspecified atom stereocenters. The van der Waals surface area contributed by atoms with Crippen LogP contribution in [0.3, 0.4) is 0 Å². The fourth-order valence-corrected chi connectivity index (χ4v) is 3.85. The second kappa shape index (κ2) is 12.6. The van der Waals surface area contributed by atoms with E-state index in [1.807, 2.05) is 85.3 Å². The lowest BCUT2D eigenvalue weighted by Crippen LogP contribution is -2.16. The van der Waals surface area contributed by atoms with Crippen LogP contribution in [-0.4, -0.2) is 34.0 Å². The summed E-state index contributed by atoms with van der Waals surface area (Å²) in [4.78, 5) is 4.83. The van der Waals surface area contributed by atoms with Gasteiger partial charge in [-0.15, -0.1) is 0 Å². The molecule has 1 N–H and O–H groups in total. The molecule has 0 saturated heterocycles. The molecule has 7 heteroatoms. The standard InChI is InChI=1S/C29H31ClN2O4/c1-3-5-24(33)19-35-25-12-6-21(7-13-25)28-18-32(29(31-28)20-34-4-2)23-10-16-27(17-11-23)36-26-14-8-22(30)9-15-26/h6-18,24,33H,3-5,19-20H2,1-2H3/t24-/m1/s1. The minimum atomic E-state index is -0.450. The molecule has 1 atom stereocenters. The van der Waals surface area contributed by atoms with Crippen LogP contribution in [0.15, 0.2) is 79.0 Å². The van der Waals surface area contributed by atoms with E-state index < -0.39 is 6.10 Å². The zero-order valence-electron chi connectivity index (χ0n) is 20.6. The maximum atomic E-state index is 9.89. The van der Waals surface area contributed by atoms with Crippen molar-refractivity contribution in [2.24, 2.45) is 0 Å². The molecular weight excluding hydrogens is 476 g/mol. The van der Waals surface area contributed by atoms with E-state index in [9.17, 15) is 5.11 Å². The van der Waals surface area contributed by atoms with E-state index in [0.29, 0.717) is 18.2 Å². The predicted molar refractivity (Wildman–Crippen MR) is 142 cm³/mol. The van der Waals surface area contributed by atoms with Crippen molar-refractivity contribution >= 4 is 11.6 Å². The summed E-state index contributed by atoms with van der Waals surface area (Å²) >= 11 is 5.95. The van der Waals surface area contributed by atoms with Crippen LogP contribution in [0.5, 0.6) is 17.2 Å². The first-order chi connectivity index (χ1) is 17.6. The van der Waals surface area contributed by atoms with Crippen LogP contribution in [0, 0.1) is 0 Å². The summed E-state index contributed by atoms with van der Waals surface area (Å²) in [5.41, 5.74) is 2.76. The van der Waals surface area contributed by atoms with Gasteiger partial charge in [0, 0.05) is 29.1 Å². The monoisotopic (exact) mass is 506 g/mol. The van der Waals surface area contributed by atoms with Gasteiger partial charge in [-0.3, -0.25) is 0 Å². The fraction of sp³-hybridized carbons (Fsp3) is 0.276. The smallest absolute Gasteiger partial charge is 0.140 e. The number of aliphatic hydroxyl groups excluding tert-OH is 1. The van der Waals surface area contributed by atoms with E-state index >= 15 is 0 Å². The third kappa shape index (κ3) is 6.88. The molecule has 0 aliphatic carbocycles. The number of rotatable bonds is 12. The average Bonchev–Trinajstić information content (AvgIpc) is 3.33. The van der Waals surface area contributed by atoms with Crippen LogP contribution in [0.25, 0.3) is 16.9 Å². The molecule has 0 amide bonds. The number of halogens is 1. The summed E-state index contributed by atoms with van der Waals surface area (Å²) in [7, 11) is 0. The number of nitrogens with zero attached hydrogens (tertiary/aromatic N) is 2. The van der Waals surface area contributed by atoms with Crippen molar-refractivity contribution < 1.29 is 19.3 Å². The van der Waals surface area contributed by atoms with Gasteiger partial charge in [0.05, 0.1) is 11.8 Å². The fourth-order valence-electron chi connectivity index (χ4n) is 3.72. The highest BCUT2D eigenvalue weighted by Gasteiger charge is 2.13. The van der Waals surface area contributed by atoms with Gasteiger partial charge in [-0.25, -0.2) is 4.98 Å². The largest absolute Gasteiger partial charge is 0.491 e. The number of hydrogen-bond acceptors (Lipinski definition) is 5. The molecule has 188 valence electrons. The lowest BCUT2D eigenvalue weighted by Gasteiger charge is -2.11. The van der Waals surface area contributed by atoms with Gasteiger partial charge in [0.1, 0.15) is 36.3 Å². The van der Waals surface area contributed by atoms with Crippen LogP contribution < -0.4 is 9.47 Å². The Hall–Kier alpha value is -3.32. The summed E-state index contributed by atoms with van der Waals surface area (Å²) in [6.45, 7) is 5.30. The average molecular weight is 507 g/mol. The van der Waals surface area contributed by atoms with E-state index in [4.69, 9.17) is 30.8 Å². The SMILES string of the molecule is CCC[C@@H](O)COc1ccc(-c2cn(-c3ccc(Oc4ccc(Cl)cc4)cc3)c(COCC)n2)cc1. The van der Waals surface area contributed by atoms with Crippen LogP contribution in [0.1, 0.15) is 32.5 Å². The van der Waals surface area contributed by atoms with Gasteiger partial charge in [-0.2, -0.15) is 0 Å². The van der Waals surface area contributed by atoms with Gasteiger partial charge in [0.2, 0.25) is 0 Å². The molecule has 0 aliphatic heterocycles. The van der Waals surface area contributed by atoms with Gasteiger partial charge in [0.15, 0.2) is 0 Å².